The zero-order valence-electron chi connectivity index (χ0n) is 11.3. The van der Waals surface area contributed by atoms with E-state index < -0.39 is 0 Å². The Labute approximate surface area is 142 Å². The van der Waals surface area contributed by atoms with E-state index >= 15 is 0 Å². The third-order valence-electron chi connectivity index (χ3n) is 3.26. The molecule has 2 aromatic rings. The van der Waals surface area contributed by atoms with E-state index in [1.807, 2.05) is 18.2 Å². The SMILES string of the molecule is COc1ccc(CCC(N)c2cc(Br)ccc2I)cc1. The monoisotopic (exact) mass is 445 g/mol. The normalized spacial score (nSPS) is 12.2. The summed E-state index contributed by atoms with van der Waals surface area (Å²) in [5.41, 5.74) is 8.80. The molecular weight excluding hydrogens is 429 g/mol. The van der Waals surface area contributed by atoms with Crippen molar-refractivity contribution < 1.29 is 4.74 Å². The van der Waals surface area contributed by atoms with Crippen molar-refractivity contribution in [1.29, 1.82) is 0 Å². The molecule has 1 atom stereocenters. The lowest BCUT2D eigenvalue weighted by atomic mass is 10.00. The van der Waals surface area contributed by atoms with Crippen LogP contribution in [0, 0.1) is 3.57 Å². The molecule has 0 aliphatic rings. The fourth-order valence-corrected chi connectivity index (χ4v) is 3.18. The fraction of sp³-hybridized carbons (Fsp3) is 0.250. The van der Waals surface area contributed by atoms with E-state index in [0.29, 0.717) is 0 Å². The van der Waals surface area contributed by atoms with Gasteiger partial charge < -0.3 is 10.5 Å². The maximum atomic E-state index is 6.32. The van der Waals surface area contributed by atoms with Gasteiger partial charge in [0, 0.05) is 14.1 Å². The first kappa shape index (κ1) is 15.8. The molecule has 0 aliphatic heterocycles. The molecule has 0 aromatic heterocycles. The highest BCUT2D eigenvalue weighted by Gasteiger charge is 2.10. The van der Waals surface area contributed by atoms with E-state index in [2.05, 4.69) is 62.8 Å². The first-order valence-corrected chi connectivity index (χ1v) is 8.31. The average Bonchev–Trinajstić information content (AvgIpc) is 2.47. The van der Waals surface area contributed by atoms with Gasteiger partial charge in [0.2, 0.25) is 0 Å². The number of hydrogen-bond donors (Lipinski definition) is 1. The van der Waals surface area contributed by atoms with Crippen LogP contribution in [0.25, 0.3) is 0 Å². The summed E-state index contributed by atoms with van der Waals surface area (Å²) in [5.74, 6) is 0.889. The quantitative estimate of drug-likeness (QED) is 0.677. The summed E-state index contributed by atoms with van der Waals surface area (Å²) in [6.45, 7) is 0. The first-order valence-electron chi connectivity index (χ1n) is 6.43. The third-order valence-corrected chi connectivity index (χ3v) is 4.74. The zero-order valence-corrected chi connectivity index (χ0v) is 15.0. The number of ether oxygens (including phenoxy) is 1. The van der Waals surface area contributed by atoms with Gasteiger partial charge >= 0.3 is 0 Å². The molecule has 1 unspecified atom stereocenters. The van der Waals surface area contributed by atoms with Crippen LogP contribution in [-0.2, 0) is 6.42 Å². The lowest BCUT2D eigenvalue weighted by Crippen LogP contribution is -2.13. The molecule has 0 saturated carbocycles. The van der Waals surface area contributed by atoms with Gasteiger partial charge in [-0.05, 0) is 76.9 Å². The van der Waals surface area contributed by atoms with Gasteiger partial charge in [0.1, 0.15) is 5.75 Å². The smallest absolute Gasteiger partial charge is 0.118 e. The lowest BCUT2D eigenvalue weighted by molar-refractivity contribution is 0.414. The van der Waals surface area contributed by atoms with Crippen molar-refractivity contribution in [3.8, 4) is 5.75 Å². The number of halogens is 2. The summed E-state index contributed by atoms with van der Waals surface area (Å²) in [6.07, 6.45) is 1.90. The Hall–Kier alpha value is -0.590. The number of methoxy groups -OCH3 is 1. The summed E-state index contributed by atoms with van der Waals surface area (Å²) in [6, 6.07) is 14.5. The first-order chi connectivity index (χ1) is 9.60. The predicted octanol–water partition coefficient (Wildman–Crippen LogP) is 4.69. The minimum atomic E-state index is 0.0569. The summed E-state index contributed by atoms with van der Waals surface area (Å²) < 4.78 is 7.45. The number of nitrogens with two attached hydrogens (primary N) is 1. The van der Waals surface area contributed by atoms with Crippen LogP contribution in [0.3, 0.4) is 0 Å². The Morgan fingerprint density at radius 2 is 1.90 bits per heavy atom. The van der Waals surface area contributed by atoms with Crippen LogP contribution in [-0.4, -0.2) is 7.11 Å². The molecule has 0 fully saturated rings. The van der Waals surface area contributed by atoms with Gasteiger partial charge in [-0.15, -0.1) is 0 Å². The lowest BCUT2D eigenvalue weighted by Gasteiger charge is -2.14. The molecular formula is C16H17BrINO. The van der Waals surface area contributed by atoms with Gasteiger partial charge in [-0.25, -0.2) is 0 Å². The molecule has 0 aliphatic carbocycles. The molecule has 0 amide bonds. The van der Waals surface area contributed by atoms with Crippen molar-refractivity contribution in [3.63, 3.8) is 0 Å². The maximum absolute atomic E-state index is 6.32. The Morgan fingerprint density at radius 3 is 2.55 bits per heavy atom. The van der Waals surface area contributed by atoms with Gasteiger partial charge in [-0.1, -0.05) is 28.1 Å². The number of rotatable bonds is 5. The maximum Gasteiger partial charge on any atom is 0.118 e. The number of aryl methyl sites for hydroxylation is 1. The van der Waals surface area contributed by atoms with Crippen LogP contribution < -0.4 is 10.5 Å². The van der Waals surface area contributed by atoms with E-state index in [1.165, 1.54) is 14.7 Å². The zero-order chi connectivity index (χ0) is 14.5. The highest BCUT2D eigenvalue weighted by atomic mass is 127. The Balaban J connectivity index is 2.00. The van der Waals surface area contributed by atoms with E-state index in [9.17, 15) is 0 Å². The van der Waals surface area contributed by atoms with Crippen molar-refractivity contribution in [2.24, 2.45) is 5.73 Å². The second-order valence-corrected chi connectivity index (χ2v) is 6.74. The molecule has 106 valence electrons. The Kier molecular flexibility index (Phi) is 5.86. The molecule has 0 spiro atoms. The van der Waals surface area contributed by atoms with E-state index in [-0.39, 0.29) is 6.04 Å². The number of hydrogen-bond acceptors (Lipinski definition) is 2. The molecule has 2 rings (SSSR count). The van der Waals surface area contributed by atoms with Crippen LogP contribution in [0.2, 0.25) is 0 Å². The van der Waals surface area contributed by atoms with Gasteiger partial charge in [0.15, 0.2) is 0 Å². The second-order valence-electron chi connectivity index (χ2n) is 4.66. The molecule has 2 nitrogen and oxygen atoms in total. The summed E-state index contributed by atoms with van der Waals surface area (Å²) in [5, 5.41) is 0. The molecule has 2 aromatic carbocycles. The Morgan fingerprint density at radius 1 is 1.20 bits per heavy atom. The van der Waals surface area contributed by atoms with E-state index in [1.54, 1.807) is 7.11 Å². The molecule has 0 saturated heterocycles. The molecule has 0 radical (unpaired) electrons. The fourth-order valence-electron chi connectivity index (χ4n) is 2.07. The van der Waals surface area contributed by atoms with Gasteiger partial charge in [0.25, 0.3) is 0 Å². The van der Waals surface area contributed by atoms with E-state index in [0.717, 1.165) is 23.1 Å². The van der Waals surface area contributed by atoms with Crippen molar-refractivity contribution in [3.05, 3.63) is 61.6 Å². The average molecular weight is 446 g/mol. The van der Waals surface area contributed by atoms with Crippen LogP contribution in [0.1, 0.15) is 23.6 Å². The van der Waals surface area contributed by atoms with E-state index in [4.69, 9.17) is 10.5 Å². The van der Waals surface area contributed by atoms with Crippen LogP contribution >= 0.6 is 38.5 Å². The highest BCUT2D eigenvalue weighted by molar-refractivity contribution is 14.1. The molecule has 4 heteroatoms. The Bertz CT molecular complexity index is 571. The standard InChI is InChI=1S/C16H17BrINO/c1-20-13-6-2-11(3-7-13)4-9-16(19)14-10-12(17)5-8-15(14)18/h2-3,5-8,10,16H,4,9,19H2,1H3. The second kappa shape index (κ2) is 7.43. The summed E-state index contributed by atoms with van der Waals surface area (Å²) in [4.78, 5) is 0. The van der Waals surface area contributed by atoms with Gasteiger partial charge in [-0.3, -0.25) is 0 Å². The van der Waals surface area contributed by atoms with Gasteiger partial charge in [0.05, 0.1) is 7.11 Å². The van der Waals surface area contributed by atoms with Gasteiger partial charge in [-0.2, -0.15) is 0 Å². The van der Waals surface area contributed by atoms with Crippen molar-refractivity contribution in [2.75, 3.05) is 7.11 Å². The molecule has 2 N–H and O–H groups in total. The van der Waals surface area contributed by atoms with Crippen molar-refractivity contribution >= 4 is 38.5 Å². The largest absolute Gasteiger partial charge is 0.497 e. The molecule has 0 heterocycles. The van der Waals surface area contributed by atoms with Crippen molar-refractivity contribution in [1.82, 2.24) is 0 Å². The summed E-state index contributed by atoms with van der Waals surface area (Å²) >= 11 is 5.84. The molecule has 0 bridgehead atoms. The third kappa shape index (κ3) is 4.20. The predicted molar refractivity (Wildman–Crippen MR) is 95.1 cm³/mol. The topological polar surface area (TPSA) is 35.2 Å². The van der Waals surface area contributed by atoms with Crippen molar-refractivity contribution in [2.45, 2.75) is 18.9 Å². The minimum absolute atomic E-state index is 0.0569. The highest BCUT2D eigenvalue weighted by Crippen LogP contribution is 2.26. The summed E-state index contributed by atoms with van der Waals surface area (Å²) in [7, 11) is 1.68. The van der Waals surface area contributed by atoms with Crippen LogP contribution in [0.5, 0.6) is 5.75 Å². The molecule has 20 heavy (non-hydrogen) atoms. The van der Waals surface area contributed by atoms with Crippen LogP contribution in [0.15, 0.2) is 46.9 Å². The number of benzene rings is 2. The minimum Gasteiger partial charge on any atom is -0.497 e. The van der Waals surface area contributed by atoms with Crippen LogP contribution in [0.4, 0.5) is 0 Å².